The van der Waals surface area contributed by atoms with E-state index in [0.29, 0.717) is 0 Å². The van der Waals surface area contributed by atoms with E-state index in [1.165, 1.54) is 5.56 Å². The van der Waals surface area contributed by atoms with E-state index >= 15 is 0 Å². The van der Waals surface area contributed by atoms with Crippen LogP contribution in [-0.2, 0) is 6.42 Å². The van der Waals surface area contributed by atoms with E-state index in [9.17, 15) is 0 Å². The zero-order chi connectivity index (χ0) is 10.7. The second-order valence-corrected chi connectivity index (χ2v) is 4.02. The number of halogens is 1. The van der Waals surface area contributed by atoms with Crippen LogP contribution in [0.3, 0.4) is 0 Å². The molecule has 0 fully saturated rings. The van der Waals surface area contributed by atoms with Crippen LogP contribution in [-0.4, -0.2) is 8.58 Å². The van der Waals surface area contributed by atoms with Crippen molar-refractivity contribution in [2.75, 3.05) is 0 Å². The van der Waals surface area contributed by atoms with E-state index in [1.54, 1.807) is 6.08 Å². The molecule has 1 heterocycles. The second kappa shape index (κ2) is 4.45. The van der Waals surface area contributed by atoms with Crippen molar-refractivity contribution in [2.24, 2.45) is 0 Å². The van der Waals surface area contributed by atoms with Gasteiger partial charge in [0.25, 0.3) is 0 Å². The molecule has 0 aliphatic heterocycles. The molecule has 0 amide bonds. The SMILES string of the molecule is C=Cc1cn(Br)c(Cc2ccccc2)n1. The van der Waals surface area contributed by atoms with Gasteiger partial charge in [0.1, 0.15) is 5.82 Å². The Hall–Kier alpha value is -1.35. The Morgan fingerprint density at radius 2 is 2.07 bits per heavy atom. The monoisotopic (exact) mass is 262 g/mol. The van der Waals surface area contributed by atoms with E-state index in [-0.39, 0.29) is 0 Å². The fraction of sp³-hybridized carbons (Fsp3) is 0.0833. The molecular weight excluding hydrogens is 252 g/mol. The minimum absolute atomic E-state index is 0.819. The third-order valence-electron chi connectivity index (χ3n) is 2.16. The van der Waals surface area contributed by atoms with E-state index in [1.807, 2.05) is 28.0 Å². The highest BCUT2D eigenvalue weighted by Gasteiger charge is 2.04. The maximum absolute atomic E-state index is 4.42. The first-order valence-electron chi connectivity index (χ1n) is 4.70. The smallest absolute Gasteiger partial charge is 0.123 e. The molecule has 0 unspecified atom stereocenters. The highest BCUT2D eigenvalue weighted by atomic mass is 79.9. The van der Waals surface area contributed by atoms with Gasteiger partial charge in [-0.15, -0.1) is 0 Å². The summed E-state index contributed by atoms with van der Waals surface area (Å²) >= 11 is 3.42. The first kappa shape index (κ1) is 10.2. The number of hydrogen-bond acceptors (Lipinski definition) is 1. The van der Waals surface area contributed by atoms with Crippen molar-refractivity contribution in [1.29, 1.82) is 0 Å². The van der Waals surface area contributed by atoms with E-state index in [0.717, 1.165) is 17.9 Å². The van der Waals surface area contributed by atoms with Crippen molar-refractivity contribution < 1.29 is 0 Å². The zero-order valence-electron chi connectivity index (χ0n) is 8.23. The van der Waals surface area contributed by atoms with Gasteiger partial charge in [-0.3, -0.25) is 3.59 Å². The molecule has 0 N–H and O–H groups in total. The van der Waals surface area contributed by atoms with Crippen molar-refractivity contribution in [1.82, 2.24) is 8.58 Å². The molecule has 1 aromatic carbocycles. The normalized spacial score (nSPS) is 10.2. The van der Waals surface area contributed by atoms with Gasteiger partial charge in [0.15, 0.2) is 0 Å². The number of hydrogen-bond donors (Lipinski definition) is 0. The molecular formula is C12H11BrN2. The Morgan fingerprint density at radius 3 is 2.67 bits per heavy atom. The lowest BCUT2D eigenvalue weighted by molar-refractivity contribution is 1.00. The predicted molar refractivity (Wildman–Crippen MR) is 65.9 cm³/mol. The molecule has 0 radical (unpaired) electrons. The summed E-state index contributed by atoms with van der Waals surface area (Å²) in [5, 5.41) is 0. The van der Waals surface area contributed by atoms with Crippen molar-refractivity contribution in [3.63, 3.8) is 0 Å². The van der Waals surface area contributed by atoms with Crippen LogP contribution in [0.25, 0.3) is 6.08 Å². The highest BCUT2D eigenvalue weighted by Crippen LogP contribution is 2.12. The molecule has 0 spiro atoms. The molecule has 15 heavy (non-hydrogen) atoms. The molecule has 2 aromatic rings. The Labute approximate surface area is 97.6 Å². The number of rotatable bonds is 3. The van der Waals surface area contributed by atoms with Gasteiger partial charge in [0.05, 0.1) is 21.8 Å². The van der Waals surface area contributed by atoms with Gasteiger partial charge in [0.2, 0.25) is 0 Å². The van der Waals surface area contributed by atoms with Crippen LogP contribution in [0.15, 0.2) is 43.1 Å². The summed E-state index contributed by atoms with van der Waals surface area (Å²) in [6, 6.07) is 10.3. The van der Waals surface area contributed by atoms with Crippen molar-refractivity contribution in [3.05, 3.63) is 60.2 Å². The third-order valence-corrected chi connectivity index (χ3v) is 2.78. The van der Waals surface area contributed by atoms with Crippen molar-refractivity contribution in [3.8, 4) is 0 Å². The van der Waals surface area contributed by atoms with E-state index < -0.39 is 0 Å². The fourth-order valence-corrected chi connectivity index (χ4v) is 1.82. The molecule has 0 aliphatic carbocycles. The van der Waals surface area contributed by atoms with Crippen LogP contribution < -0.4 is 0 Å². The molecule has 0 saturated heterocycles. The average Bonchev–Trinajstić information content (AvgIpc) is 2.61. The average molecular weight is 263 g/mol. The standard InChI is InChI=1S/C12H11BrN2/c1-2-11-9-15(13)12(14-11)8-10-6-4-3-5-7-10/h2-7,9H,1,8H2. The lowest BCUT2D eigenvalue weighted by Gasteiger charge is -1.99. The lowest BCUT2D eigenvalue weighted by atomic mass is 10.1. The van der Waals surface area contributed by atoms with Crippen LogP contribution in [0.4, 0.5) is 0 Å². The molecule has 0 atom stereocenters. The van der Waals surface area contributed by atoms with Crippen molar-refractivity contribution in [2.45, 2.75) is 6.42 Å². The third kappa shape index (κ3) is 2.36. The summed E-state index contributed by atoms with van der Waals surface area (Å²) in [7, 11) is 0. The summed E-state index contributed by atoms with van der Waals surface area (Å²) in [6.45, 7) is 3.70. The Balaban J connectivity index is 2.24. The van der Waals surface area contributed by atoms with Crippen molar-refractivity contribution >= 4 is 22.2 Å². The summed E-state index contributed by atoms with van der Waals surface area (Å²) < 4.78 is 1.86. The van der Waals surface area contributed by atoms with Gasteiger partial charge in [-0.25, -0.2) is 4.98 Å². The van der Waals surface area contributed by atoms with E-state index in [4.69, 9.17) is 0 Å². The van der Waals surface area contributed by atoms with Crippen LogP contribution in [0.2, 0.25) is 0 Å². The van der Waals surface area contributed by atoms with Crippen LogP contribution in [0, 0.1) is 0 Å². The summed E-state index contributed by atoms with van der Waals surface area (Å²) in [5.41, 5.74) is 2.14. The van der Waals surface area contributed by atoms with Gasteiger partial charge in [-0.1, -0.05) is 36.9 Å². The molecule has 0 aliphatic rings. The van der Waals surface area contributed by atoms with Gasteiger partial charge in [-0.05, 0) is 11.6 Å². The quantitative estimate of drug-likeness (QED) is 0.831. The molecule has 2 rings (SSSR count). The predicted octanol–water partition coefficient (Wildman–Crippen LogP) is 3.27. The van der Waals surface area contributed by atoms with Crippen LogP contribution >= 0.6 is 16.1 Å². The zero-order valence-corrected chi connectivity index (χ0v) is 9.81. The minimum Gasteiger partial charge on any atom is -0.269 e. The Bertz CT molecular complexity index is 460. The number of aromatic nitrogens is 2. The molecule has 3 heteroatoms. The van der Waals surface area contributed by atoms with Gasteiger partial charge in [-0.2, -0.15) is 0 Å². The largest absolute Gasteiger partial charge is 0.269 e. The fourth-order valence-electron chi connectivity index (χ4n) is 1.41. The topological polar surface area (TPSA) is 17.8 Å². The molecule has 2 nitrogen and oxygen atoms in total. The summed E-state index contributed by atoms with van der Waals surface area (Å²) in [5.74, 6) is 0.983. The van der Waals surface area contributed by atoms with Gasteiger partial charge < -0.3 is 0 Å². The maximum Gasteiger partial charge on any atom is 0.123 e. The molecule has 0 bridgehead atoms. The lowest BCUT2D eigenvalue weighted by Crippen LogP contribution is -1.93. The van der Waals surface area contributed by atoms with Gasteiger partial charge in [0, 0.05) is 12.6 Å². The summed E-state index contributed by atoms with van der Waals surface area (Å²) in [4.78, 5) is 4.42. The molecule has 1 aromatic heterocycles. The first-order chi connectivity index (χ1) is 7.29. The number of benzene rings is 1. The molecule has 0 saturated carbocycles. The number of imidazole rings is 1. The Morgan fingerprint density at radius 1 is 1.33 bits per heavy atom. The van der Waals surface area contributed by atoms with Crippen LogP contribution in [0.5, 0.6) is 0 Å². The maximum atomic E-state index is 4.42. The number of nitrogens with zero attached hydrogens (tertiary/aromatic N) is 2. The first-order valence-corrected chi connectivity index (χ1v) is 5.41. The van der Waals surface area contributed by atoms with Gasteiger partial charge >= 0.3 is 0 Å². The summed E-state index contributed by atoms with van der Waals surface area (Å²) in [6.07, 6.45) is 4.47. The van der Waals surface area contributed by atoms with Crippen LogP contribution in [0.1, 0.15) is 17.1 Å². The highest BCUT2D eigenvalue weighted by molar-refractivity contribution is 9.08. The van der Waals surface area contributed by atoms with E-state index in [2.05, 4.69) is 39.8 Å². The Kier molecular flexibility index (Phi) is 3.02. The second-order valence-electron chi connectivity index (χ2n) is 3.26. The minimum atomic E-state index is 0.819. The molecule has 76 valence electrons.